The Morgan fingerprint density at radius 1 is 1.38 bits per heavy atom. The zero-order valence-corrected chi connectivity index (χ0v) is 12.5. The lowest BCUT2D eigenvalue weighted by atomic mass is 9.58. The van der Waals surface area contributed by atoms with Gasteiger partial charge in [-0.05, 0) is 55.8 Å². The van der Waals surface area contributed by atoms with Gasteiger partial charge in [-0.15, -0.1) is 6.58 Å². The summed E-state index contributed by atoms with van der Waals surface area (Å²) in [6, 6.07) is 7.66. The molecule has 3 unspecified atom stereocenters. The molecular weight excluding hydrogens is 262 g/mol. The summed E-state index contributed by atoms with van der Waals surface area (Å²) >= 11 is 0. The first-order chi connectivity index (χ1) is 10.1. The summed E-state index contributed by atoms with van der Waals surface area (Å²) in [7, 11) is 0. The van der Waals surface area contributed by atoms with Crippen LogP contribution < -0.4 is 0 Å². The summed E-state index contributed by atoms with van der Waals surface area (Å²) in [5.74, 6) is 0.880. The molecule has 3 rings (SSSR count). The van der Waals surface area contributed by atoms with Crippen LogP contribution in [0.4, 0.5) is 0 Å². The maximum absolute atomic E-state index is 10.2. The number of phenolic OH excluding ortho intramolecular Hbond substituents is 1. The van der Waals surface area contributed by atoms with E-state index in [1.54, 1.807) is 6.07 Å². The molecule has 0 radical (unpaired) electrons. The van der Waals surface area contributed by atoms with Gasteiger partial charge in [0, 0.05) is 18.5 Å². The third kappa shape index (κ3) is 2.72. The van der Waals surface area contributed by atoms with Crippen LogP contribution in [0.3, 0.4) is 0 Å². The number of aliphatic hydroxyl groups is 1. The van der Waals surface area contributed by atoms with Crippen LogP contribution in [-0.4, -0.2) is 40.9 Å². The number of aliphatic hydroxyl groups excluding tert-OH is 1. The minimum absolute atomic E-state index is 0.0219. The summed E-state index contributed by atoms with van der Waals surface area (Å²) < 4.78 is 0. The van der Waals surface area contributed by atoms with Gasteiger partial charge < -0.3 is 10.2 Å². The molecule has 1 aliphatic carbocycles. The van der Waals surface area contributed by atoms with Crippen molar-refractivity contribution in [3.63, 3.8) is 0 Å². The van der Waals surface area contributed by atoms with E-state index in [2.05, 4.69) is 17.5 Å². The zero-order valence-electron chi connectivity index (χ0n) is 12.5. The molecule has 1 saturated heterocycles. The number of benzene rings is 1. The number of rotatable bonds is 3. The Kier molecular flexibility index (Phi) is 4.05. The third-order valence-corrected chi connectivity index (χ3v) is 5.39. The van der Waals surface area contributed by atoms with Crippen LogP contribution in [0.15, 0.2) is 36.9 Å². The summed E-state index contributed by atoms with van der Waals surface area (Å²) in [5.41, 5.74) is 1.22. The second-order valence-corrected chi connectivity index (χ2v) is 6.64. The van der Waals surface area contributed by atoms with Gasteiger partial charge in [0.25, 0.3) is 0 Å². The molecule has 0 amide bonds. The number of phenols is 1. The van der Waals surface area contributed by atoms with Crippen LogP contribution in [0.25, 0.3) is 0 Å². The molecule has 1 aromatic carbocycles. The van der Waals surface area contributed by atoms with E-state index in [4.69, 9.17) is 0 Å². The van der Waals surface area contributed by atoms with Gasteiger partial charge in [0.05, 0.1) is 6.10 Å². The Morgan fingerprint density at radius 2 is 2.24 bits per heavy atom. The van der Waals surface area contributed by atoms with Crippen LogP contribution >= 0.6 is 0 Å². The molecule has 114 valence electrons. The highest BCUT2D eigenvalue weighted by atomic mass is 16.3. The molecule has 2 N–H and O–H groups in total. The maximum atomic E-state index is 10.2. The van der Waals surface area contributed by atoms with Gasteiger partial charge in [0.15, 0.2) is 0 Å². The minimum atomic E-state index is -0.213. The van der Waals surface area contributed by atoms with E-state index >= 15 is 0 Å². The Balaban J connectivity index is 1.93. The maximum Gasteiger partial charge on any atom is 0.115 e. The second-order valence-electron chi connectivity index (χ2n) is 6.64. The van der Waals surface area contributed by atoms with Gasteiger partial charge >= 0.3 is 0 Å². The fourth-order valence-corrected chi connectivity index (χ4v) is 4.35. The van der Waals surface area contributed by atoms with Crippen LogP contribution in [0.5, 0.6) is 5.75 Å². The van der Waals surface area contributed by atoms with Crippen molar-refractivity contribution in [1.29, 1.82) is 0 Å². The van der Waals surface area contributed by atoms with Crippen LogP contribution in [0.1, 0.15) is 31.2 Å². The van der Waals surface area contributed by atoms with Crippen LogP contribution in [-0.2, 0) is 5.41 Å². The predicted octanol–water partition coefficient (Wildman–Crippen LogP) is 2.68. The van der Waals surface area contributed by atoms with E-state index in [0.717, 1.165) is 45.3 Å². The molecule has 3 atom stereocenters. The first kappa shape index (κ1) is 14.6. The third-order valence-electron chi connectivity index (χ3n) is 5.39. The van der Waals surface area contributed by atoms with E-state index in [0.29, 0.717) is 11.7 Å². The molecule has 2 fully saturated rings. The normalized spacial score (nSPS) is 33.4. The van der Waals surface area contributed by atoms with Gasteiger partial charge in [0.1, 0.15) is 5.75 Å². The molecule has 0 bridgehead atoms. The molecule has 21 heavy (non-hydrogen) atoms. The van der Waals surface area contributed by atoms with Crippen molar-refractivity contribution in [3.05, 3.63) is 42.5 Å². The SMILES string of the molecule is C=CCN1CCC2(c3cccc(O)c3)CC(O)CCC2C1. The number of nitrogens with zero attached hydrogens (tertiary/aromatic N) is 1. The molecule has 3 nitrogen and oxygen atoms in total. The van der Waals surface area contributed by atoms with Crippen molar-refractivity contribution >= 4 is 0 Å². The van der Waals surface area contributed by atoms with E-state index in [-0.39, 0.29) is 11.5 Å². The Bertz CT molecular complexity index is 516. The molecule has 2 aliphatic rings. The molecular formula is C18H25NO2. The van der Waals surface area contributed by atoms with Crippen molar-refractivity contribution in [2.75, 3.05) is 19.6 Å². The fourth-order valence-electron chi connectivity index (χ4n) is 4.35. The Hall–Kier alpha value is -1.32. The standard InChI is InChI=1S/C18H25NO2/c1-2-9-19-10-8-18(14-4-3-5-16(20)11-14)12-17(21)7-6-15(18)13-19/h2-5,11,15,17,20-21H,1,6-10,12-13H2. The van der Waals surface area contributed by atoms with Crippen LogP contribution in [0, 0.1) is 5.92 Å². The summed E-state index contributed by atoms with van der Waals surface area (Å²) in [6.07, 6.45) is 5.58. The fraction of sp³-hybridized carbons (Fsp3) is 0.556. The van der Waals surface area contributed by atoms with Crippen molar-refractivity contribution < 1.29 is 10.2 Å². The molecule has 0 aromatic heterocycles. The summed E-state index contributed by atoms with van der Waals surface area (Å²) in [4.78, 5) is 2.45. The largest absolute Gasteiger partial charge is 0.508 e. The Morgan fingerprint density at radius 3 is 3.00 bits per heavy atom. The highest BCUT2D eigenvalue weighted by Crippen LogP contribution is 2.49. The first-order valence-electron chi connectivity index (χ1n) is 7.95. The lowest BCUT2D eigenvalue weighted by molar-refractivity contribution is -0.000721. The molecule has 1 aliphatic heterocycles. The molecule has 1 aromatic rings. The number of fused-ring (bicyclic) bond motifs is 1. The smallest absolute Gasteiger partial charge is 0.115 e. The highest BCUT2D eigenvalue weighted by Gasteiger charge is 2.47. The number of hydrogen-bond donors (Lipinski definition) is 2. The number of piperidine rings is 1. The number of likely N-dealkylation sites (tertiary alicyclic amines) is 1. The first-order valence-corrected chi connectivity index (χ1v) is 7.95. The van der Waals surface area contributed by atoms with Gasteiger partial charge in [-0.1, -0.05) is 18.2 Å². The quantitative estimate of drug-likeness (QED) is 0.840. The van der Waals surface area contributed by atoms with Crippen molar-refractivity contribution in [2.45, 2.75) is 37.2 Å². The number of aromatic hydroxyl groups is 1. The van der Waals surface area contributed by atoms with E-state index in [9.17, 15) is 10.2 Å². The topological polar surface area (TPSA) is 43.7 Å². The van der Waals surface area contributed by atoms with Crippen molar-refractivity contribution in [3.8, 4) is 5.75 Å². The monoisotopic (exact) mass is 287 g/mol. The zero-order chi connectivity index (χ0) is 14.9. The summed E-state index contributed by atoms with van der Waals surface area (Å²) in [5, 5.41) is 20.1. The van der Waals surface area contributed by atoms with E-state index < -0.39 is 0 Å². The van der Waals surface area contributed by atoms with Gasteiger partial charge in [-0.2, -0.15) is 0 Å². The van der Waals surface area contributed by atoms with Crippen LogP contribution in [0.2, 0.25) is 0 Å². The predicted molar refractivity (Wildman–Crippen MR) is 84.4 cm³/mol. The highest BCUT2D eigenvalue weighted by molar-refractivity contribution is 5.35. The summed E-state index contributed by atoms with van der Waals surface area (Å²) in [6.45, 7) is 6.88. The molecule has 1 heterocycles. The average Bonchev–Trinajstić information content (AvgIpc) is 2.48. The average molecular weight is 287 g/mol. The number of hydrogen-bond acceptors (Lipinski definition) is 3. The van der Waals surface area contributed by atoms with Gasteiger partial charge in [-0.25, -0.2) is 0 Å². The van der Waals surface area contributed by atoms with Crippen molar-refractivity contribution in [1.82, 2.24) is 4.90 Å². The minimum Gasteiger partial charge on any atom is -0.508 e. The second kappa shape index (κ2) is 5.82. The van der Waals surface area contributed by atoms with E-state index in [1.807, 2.05) is 18.2 Å². The molecule has 0 spiro atoms. The van der Waals surface area contributed by atoms with Gasteiger partial charge in [-0.3, -0.25) is 4.90 Å². The molecule has 3 heteroatoms. The Labute approximate surface area is 126 Å². The van der Waals surface area contributed by atoms with Gasteiger partial charge in [0.2, 0.25) is 0 Å². The van der Waals surface area contributed by atoms with E-state index in [1.165, 1.54) is 5.56 Å². The molecule has 1 saturated carbocycles. The lowest BCUT2D eigenvalue weighted by Crippen LogP contribution is -2.53. The lowest BCUT2D eigenvalue weighted by Gasteiger charge is -2.52. The van der Waals surface area contributed by atoms with Crippen molar-refractivity contribution in [2.24, 2.45) is 5.92 Å².